The smallest absolute Gasteiger partial charge is 0.307 e. The van der Waals surface area contributed by atoms with Crippen molar-refractivity contribution in [2.45, 2.75) is 39.0 Å². The van der Waals surface area contributed by atoms with E-state index in [9.17, 15) is 13.6 Å². The van der Waals surface area contributed by atoms with E-state index in [0.717, 1.165) is 25.3 Å². The second kappa shape index (κ2) is 8.72. The van der Waals surface area contributed by atoms with Gasteiger partial charge in [0.2, 0.25) is 0 Å². The van der Waals surface area contributed by atoms with E-state index in [4.69, 9.17) is 10.8 Å². The maximum absolute atomic E-state index is 13.5. The van der Waals surface area contributed by atoms with E-state index >= 15 is 0 Å². The van der Waals surface area contributed by atoms with Crippen molar-refractivity contribution in [2.24, 2.45) is 17.6 Å². The van der Waals surface area contributed by atoms with Crippen LogP contribution in [0.25, 0.3) is 0 Å². The van der Waals surface area contributed by atoms with Gasteiger partial charge in [-0.2, -0.15) is 0 Å². The molecule has 0 aliphatic rings. The van der Waals surface area contributed by atoms with E-state index in [1.54, 1.807) is 0 Å². The van der Waals surface area contributed by atoms with E-state index in [1.165, 1.54) is 12.1 Å². The third kappa shape index (κ3) is 5.79. The first-order valence-electron chi connectivity index (χ1n) is 7.34. The number of halogens is 2. The highest BCUT2D eigenvalue weighted by Gasteiger charge is 2.20. The lowest BCUT2D eigenvalue weighted by Gasteiger charge is -2.18. The molecular weight excluding hydrogens is 276 g/mol. The van der Waals surface area contributed by atoms with Gasteiger partial charge in [0.05, 0.1) is 5.92 Å². The molecule has 0 aliphatic carbocycles. The molecule has 0 bridgehead atoms. The number of carboxylic acids is 1. The fourth-order valence-corrected chi connectivity index (χ4v) is 2.49. The van der Waals surface area contributed by atoms with Crippen LogP contribution in [0.1, 0.15) is 38.2 Å². The monoisotopic (exact) mass is 299 g/mol. The first kappa shape index (κ1) is 17.6. The number of hydrogen-bond donors (Lipinski definition) is 2. The highest BCUT2D eigenvalue weighted by Crippen LogP contribution is 2.22. The standard InChI is InChI=1S/C16H23F2NO2/c1-2-11(8-13(10-19)16(20)21)4-3-5-12-6-7-14(17)9-15(12)18/h6-7,9,11,13H,2-5,8,10,19H2,1H3,(H,20,21). The van der Waals surface area contributed by atoms with Crippen LogP contribution in [-0.2, 0) is 11.2 Å². The molecule has 0 aliphatic heterocycles. The summed E-state index contributed by atoms with van der Waals surface area (Å²) < 4.78 is 26.3. The largest absolute Gasteiger partial charge is 0.481 e. The van der Waals surface area contributed by atoms with Crippen LogP contribution in [0.15, 0.2) is 18.2 Å². The van der Waals surface area contributed by atoms with Crippen LogP contribution in [0.5, 0.6) is 0 Å². The number of carboxylic acid groups (broad SMARTS) is 1. The number of hydrogen-bond acceptors (Lipinski definition) is 2. The average molecular weight is 299 g/mol. The van der Waals surface area contributed by atoms with Gasteiger partial charge in [0.15, 0.2) is 0 Å². The van der Waals surface area contributed by atoms with E-state index < -0.39 is 23.5 Å². The molecule has 118 valence electrons. The highest BCUT2D eigenvalue weighted by atomic mass is 19.1. The Bertz CT molecular complexity index is 466. The summed E-state index contributed by atoms with van der Waals surface area (Å²) in [7, 11) is 0. The second-order valence-electron chi connectivity index (χ2n) is 5.41. The SMILES string of the molecule is CCC(CCCc1ccc(F)cc1F)CC(CN)C(=O)O. The molecule has 0 radical (unpaired) electrons. The van der Waals surface area contributed by atoms with Crippen molar-refractivity contribution in [1.82, 2.24) is 0 Å². The number of rotatable bonds is 9. The van der Waals surface area contributed by atoms with Gasteiger partial charge in [-0.05, 0) is 36.8 Å². The van der Waals surface area contributed by atoms with Crippen molar-refractivity contribution in [2.75, 3.05) is 6.54 Å². The van der Waals surface area contributed by atoms with Crippen molar-refractivity contribution in [3.63, 3.8) is 0 Å². The van der Waals surface area contributed by atoms with Crippen LogP contribution < -0.4 is 5.73 Å². The average Bonchev–Trinajstić information content (AvgIpc) is 2.44. The summed E-state index contributed by atoms with van der Waals surface area (Å²) in [5.74, 6) is -2.21. The lowest BCUT2D eigenvalue weighted by molar-refractivity contribution is -0.142. The zero-order valence-electron chi connectivity index (χ0n) is 12.3. The number of aryl methyl sites for hydroxylation is 1. The van der Waals surface area contributed by atoms with Crippen molar-refractivity contribution in [3.05, 3.63) is 35.4 Å². The molecule has 0 fully saturated rings. The minimum Gasteiger partial charge on any atom is -0.481 e. The maximum atomic E-state index is 13.5. The van der Waals surface area contributed by atoms with E-state index in [-0.39, 0.29) is 12.5 Å². The van der Waals surface area contributed by atoms with Gasteiger partial charge in [-0.15, -0.1) is 0 Å². The molecule has 0 heterocycles. The van der Waals surface area contributed by atoms with Crippen LogP contribution >= 0.6 is 0 Å². The minimum absolute atomic E-state index is 0.137. The quantitative estimate of drug-likeness (QED) is 0.735. The Hall–Kier alpha value is -1.49. The van der Waals surface area contributed by atoms with E-state index in [1.807, 2.05) is 6.92 Å². The Balaban J connectivity index is 2.46. The molecular formula is C16H23F2NO2. The third-order valence-corrected chi connectivity index (χ3v) is 3.90. The first-order chi connectivity index (χ1) is 9.97. The van der Waals surface area contributed by atoms with Crippen LogP contribution in [0.3, 0.4) is 0 Å². The number of benzene rings is 1. The van der Waals surface area contributed by atoms with Gasteiger partial charge >= 0.3 is 5.97 Å². The topological polar surface area (TPSA) is 63.3 Å². The van der Waals surface area contributed by atoms with Gasteiger partial charge in [-0.3, -0.25) is 4.79 Å². The van der Waals surface area contributed by atoms with Crippen molar-refractivity contribution in [3.8, 4) is 0 Å². The molecule has 1 aromatic rings. The lowest BCUT2D eigenvalue weighted by Crippen LogP contribution is -2.25. The molecule has 0 spiro atoms. The molecule has 3 N–H and O–H groups in total. The Morgan fingerprint density at radius 3 is 2.62 bits per heavy atom. The van der Waals surface area contributed by atoms with Crippen molar-refractivity contribution < 1.29 is 18.7 Å². The van der Waals surface area contributed by atoms with Gasteiger partial charge < -0.3 is 10.8 Å². The predicted molar refractivity (Wildman–Crippen MR) is 77.9 cm³/mol. The molecule has 0 saturated heterocycles. The summed E-state index contributed by atoms with van der Waals surface area (Å²) in [6.45, 7) is 2.15. The van der Waals surface area contributed by atoms with Crippen molar-refractivity contribution in [1.29, 1.82) is 0 Å². The van der Waals surface area contributed by atoms with Gasteiger partial charge in [-0.1, -0.05) is 25.8 Å². The fraction of sp³-hybridized carbons (Fsp3) is 0.562. The number of aliphatic carboxylic acids is 1. The normalized spacial score (nSPS) is 13.9. The zero-order chi connectivity index (χ0) is 15.8. The molecule has 0 aromatic heterocycles. The lowest BCUT2D eigenvalue weighted by atomic mass is 9.88. The molecule has 1 rings (SSSR count). The predicted octanol–water partition coefficient (Wildman–Crippen LogP) is 3.36. The zero-order valence-corrected chi connectivity index (χ0v) is 12.3. The Morgan fingerprint density at radius 2 is 2.10 bits per heavy atom. The van der Waals surface area contributed by atoms with Gasteiger partial charge in [-0.25, -0.2) is 8.78 Å². The fourth-order valence-electron chi connectivity index (χ4n) is 2.49. The van der Waals surface area contributed by atoms with Crippen molar-refractivity contribution >= 4 is 5.97 Å². The highest BCUT2D eigenvalue weighted by molar-refractivity contribution is 5.70. The second-order valence-corrected chi connectivity index (χ2v) is 5.41. The van der Waals surface area contributed by atoms with Crippen LogP contribution in [0, 0.1) is 23.5 Å². The molecule has 1 aromatic carbocycles. The van der Waals surface area contributed by atoms with Gasteiger partial charge in [0, 0.05) is 12.6 Å². The number of nitrogens with two attached hydrogens (primary N) is 1. The summed E-state index contributed by atoms with van der Waals surface area (Å²) >= 11 is 0. The van der Waals surface area contributed by atoms with E-state index in [0.29, 0.717) is 18.4 Å². The van der Waals surface area contributed by atoms with Crippen LogP contribution in [0.2, 0.25) is 0 Å². The Kier molecular flexibility index (Phi) is 7.29. The number of carbonyl (C=O) groups is 1. The summed E-state index contributed by atoms with van der Waals surface area (Å²) in [6.07, 6.45) is 3.52. The molecule has 0 saturated carbocycles. The first-order valence-corrected chi connectivity index (χ1v) is 7.34. The summed E-state index contributed by atoms with van der Waals surface area (Å²) in [5.41, 5.74) is 5.96. The van der Waals surface area contributed by atoms with Gasteiger partial charge in [0.1, 0.15) is 11.6 Å². The Labute approximate surface area is 124 Å². The minimum atomic E-state index is -0.861. The summed E-state index contributed by atoms with van der Waals surface area (Å²) in [6, 6.07) is 3.61. The van der Waals surface area contributed by atoms with Gasteiger partial charge in [0.25, 0.3) is 0 Å². The summed E-state index contributed by atoms with van der Waals surface area (Å²) in [5, 5.41) is 9.02. The van der Waals surface area contributed by atoms with Crippen LogP contribution in [0.4, 0.5) is 8.78 Å². The molecule has 0 amide bonds. The third-order valence-electron chi connectivity index (χ3n) is 3.90. The maximum Gasteiger partial charge on any atom is 0.307 e. The Morgan fingerprint density at radius 1 is 1.38 bits per heavy atom. The van der Waals surface area contributed by atoms with Crippen LogP contribution in [-0.4, -0.2) is 17.6 Å². The molecule has 5 heteroatoms. The molecule has 21 heavy (non-hydrogen) atoms. The molecule has 2 atom stereocenters. The summed E-state index contributed by atoms with van der Waals surface area (Å²) in [4.78, 5) is 11.0. The molecule has 3 nitrogen and oxygen atoms in total. The van der Waals surface area contributed by atoms with E-state index in [2.05, 4.69) is 0 Å². The molecule has 2 unspecified atom stereocenters.